The molecule has 0 saturated heterocycles. The van der Waals surface area contributed by atoms with Crippen molar-refractivity contribution in [1.29, 1.82) is 0 Å². The van der Waals surface area contributed by atoms with Gasteiger partial charge >= 0.3 is 0 Å². The minimum atomic E-state index is 0.431. The minimum Gasteiger partial charge on any atom is -0.315 e. The number of hydrogen-bond acceptors (Lipinski definition) is 2. The Hall–Kier alpha value is 0.600. The molecule has 1 rings (SSSR count). The number of alkyl halides is 1. The van der Waals surface area contributed by atoms with Crippen LogP contribution >= 0.6 is 23.4 Å². The van der Waals surface area contributed by atoms with Gasteiger partial charge in [0, 0.05) is 24.7 Å². The highest BCUT2D eigenvalue weighted by Crippen LogP contribution is 2.38. The number of thioether (sulfide) groups is 1. The van der Waals surface area contributed by atoms with E-state index >= 15 is 0 Å². The van der Waals surface area contributed by atoms with E-state index in [9.17, 15) is 0 Å². The summed E-state index contributed by atoms with van der Waals surface area (Å²) >= 11 is 7.93. The normalized spacial score (nSPS) is 20.8. The molecule has 1 fully saturated rings. The van der Waals surface area contributed by atoms with Gasteiger partial charge in [-0.05, 0) is 24.5 Å². The third-order valence-electron chi connectivity index (χ3n) is 2.93. The van der Waals surface area contributed by atoms with Crippen LogP contribution in [0.25, 0.3) is 0 Å². The molecule has 1 nitrogen and oxygen atoms in total. The second kappa shape index (κ2) is 6.15. The second-order valence-corrected chi connectivity index (χ2v) is 5.26. The van der Waals surface area contributed by atoms with E-state index in [2.05, 4.69) is 11.6 Å². The zero-order valence-corrected chi connectivity index (χ0v) is 10.0. The summed E-state index contributed by atoms with van der Waals surface area (Å²) in [7, 11) is 0. The van der Waals surface area contributed by atoms with Crippen LogP contribution in [-0.2, 0) is 0 Å². The van der Waals surface area contributed by atoms with Crippen LogP contribution in [-0.4, -0.2) is 31.0 Å². The van der Waals surface area contributed by atoms with E-state index in [1.165, 1.54) is 31.4 Å². The van der Waals surface area contributed by atoms with Crippen LogP contribution in [0.15, 0.2) is 0 Å². The van der Waals surface area contributed by atoms with Crippen LogP contribution in [0.4, 0.5) is 0 Å². The highest BCUT2D eigenvalue weighted by atomic mass is 35.5. The molecule has 1 saturated carbocycles. The van der Waals surface area contributed by atoms with Crippen LogP contribution in [0.1, 0.15) is 25.7 Å². The molecule has 0 unspecified atom stereocenters. The van der Waals surface area contributed by atoms with Gasteiger partial charge in [0.05, 0.1) is 0 Å². The molecular formula is C10H20ClNS. The smallest absolute Gasteiger partial charge is 0.0292 e. The fourth-order valence-electron chi connectivity index (χ4n) is 2.01. The molecule has 78 valence electrons. The number of rotatable bonds is 6. The molecule has 0 bridgehead atoms. The van der Waals surface area contributed by atoms with Gasteiger partial charge in [0.15, 0.2) is 0 Å². The SMILES string of the molecule is CSCCNCC1(CCl)CCCC1. The van der Waals surface area contributed by atoms with Gasteiger partial charge in [-0.2, -0.15) is 11.8 Å². The summed E-state index contributed by atoms with van der Waals surface area (Å²) in [6, 6.07) is 0. The summed E-state index contributed by atoms with van der Waals surface area (Å²) in [4.78, 5) is 0. The van der Waals surface area contributed by atoms with E-state index in [0.717, 1.165) is 19.0 Å². The van der Waals surface area contributed by atoms with Crippen LogP contribution in [0, 0.1) is 5.41 Å². The van der Waals surface area contributed by atoms with Crippen molar-refractivity contribution >= 4 is 23.4 Å². The molecule has 1 aliphatic rings. The molecule has 0 radical (unpaired) electrons. The summed E-state index contributed by atoms with van der Waals surface area (Å²) in [6.07, 6.45) is 7.54. The standard InChI is InChI=1S/C10H20ClNS/c1-13-7-6-12-9-10(8-11)4-2-3-5-10/h12H,2-9H2,1H3. The molecule has 0 amide bonds. The fraction of sp³-hybridized carbons (Fsp3) is 1.00. The van der Waals surface area contributed by atoms with Crippen molar-refractivity contribution < 1.29 is 0 Å². The van der Waals surface area contributed by atoms with Crippen molar-refractivity contribution in [2.75, 3.05) is 31.0 Å². The van der Waals surface area contributed by atoms with Crippen molar-refractivity contribution in [3.63, 3.8) is 0 Å². The van der Waals surface area contributed by atoms with Gasteiger partial charge in [-0.1, -0.05) is 12.8 Å². The molecule has 0 aromatic rings. The topological polar surface area (TPSA) is 12.0 Å². The maximum Gasteiger partial charge on any atom is 0.0292 e. The predicted molar refractivity (Wildman–Crippen MR) is 62.9 cm³/mol. The molecule has 0 aliphatic heterocycles. The Kier molecular flexibility index (Phi) is 5.52. The van der Waals surface area contributed by atoms with E-state index < -0.39 is 0 Å². The molecule has 0 aromatic carbocycles. The summed E-state index contributed by atoms with van der Waals surface area (Å²) in [6.45, 7) is 2.25. The lowest BCUT2D eigenvalue weighted by atomic mass is 9.88. The van der Waals surface area contributed by atoms with E-state index in [1.807, 2.05) is 11.8 Å². The van der Waals surface area contributed by atoms with Crippen molar-refractivity contribution in [3.8, 4) is 0 Å². The Morgan fingerprint density at radius 1 is 1.38 bits per heavy atom. The summed E-state index contributed by atoms with van der Waals surface area (Å²) in [5.74, 6) is 2.04. The quantitative estimate of drug-likeness (QED) is 0.547. The fourth-order valence-corrected chi connectivity index (χ4v) is 2.72. The molecule has 0 aromatic heterocycles. The Labute approximate surface area is 91.0 Å². The lowest BCUT2D eigenvalue weighted by Gasteiger charge is -2.26. The zero-order valence-electron chi connectivity index (χ0n) is 8.44. The first-order valence-corrected chi connectivity index (χ1v) is 7.01. The van der Waals surface area contributed by atoms with Gasteiger partial charge in [0.2, 0.25) is 0 Å². The Bertz CT molecular complexity index is 135. The summed E-state index contributed by atoms with van der Waals surface area (Å²) in [5.41, 5.74) is 0.431. The average Bonchev–Trinajstić information content (AvgIpc) is 2.62. The van der Waals surface area contributed by atoms with E-state index in [0.29, 0.717) is 5.41 Å². The Balaban J connectivity index is 2.16. The maximum absolute atomic E-state index is 6.03. The third-order valence-corrected chi connectivity index (χ3v) is 4.11. The van der Waals surface area contributed by atoms with E-state index in [-0.39, 0.29) is 0 Å². The predicted octanol–water partition coefficient (Wildman–Crippen LogP) is 2.74. The molecule has 0 spiro atoms. The highest BCUT2D eigenvalue weighted by Gasteiger charge is 2.32. The molecule has 3 heteroatoms. The Morgan fingerprint density at radius 2 is 2.08 bits per heavy atom. The van der Waals surface area contributed by atoms with E-state index in [4.69, 9.17) is 11.6 Å². The number of halogens is 1. The third kappa shape index (κ3) is 3.69. The molecule has 13 heavy (non-hydrogen) atoms. The molecular weight excluding hydrogens is 202 g/mol. The number of nitrogens with one attached hydrogen (secondary N) is 1. The summed E-state index contributed by atoms with van der Waals surface area (Å²) in [5, 5.41) is 3.51. The van der Waals surface area contributed by atoms with Gasteiger partial charge in [-0.25, -0.2) is 0 Å². The lowest BCUT2D eigenvalue weighted by Crippen LogP contribution is -2.34. The van der Waals surface area contributed by atoms with Gasteiger partial charge in [0.1, 0.15) is 0 Å². The van der Waals surface area contributed by atoms with Crippen LogP contribution in [0.2, 0.25) is 0 Å². The summed E-state index contributed by atoms with van der Waals surface area (Å²) < 4.78 is 0. The van der Waals surface area contributed by atoms with Crippen molar-refractivity contribution in [2.45, 2.75) is 25.7 Å². The lowest BCUT2D eigenvalue weighted by molar-refractivity contribution is 0.325. The highest BCUT2D eigenvalue weighted by molar-refractivity contribution is 7.98. The largest absolute Gasteiger partial charge is 0.315 e. The average molecular weight is 222 g/mol. The van der Waals surface area contributed by atoms with Gasteiger partial charge < -0.3 is 5.32 Å². The van der Waals surface area contributed by atoms with Crippen LogP contribution in [0.5, 0.6) is 0 Å². The van der Waals surface area contributed by atoms with Crippen molar-refractivity contribution in [2.24, 2.45) is 5.41 Å². The van der Waals surface area contributed by atoms with Gasteiger partial charge in [-0.3, -0.25) is 0 Å². The first kappa shape index (κ1) is 11.7. The van der Waals surface area contributed by atoms with Crippen molar-refractivity contribution in [3.05, 3.63) is 0 Å². The minimum absolute atomic E-state index is 0.431. The van der Waals surface area contributed by atoms with Crippen molar-refractivity contribution in [1.82, 2.24) is 5.32 Å². The number of hydrogen-bond donors (Lipinski definition) is 1. The molecule has 0 heterocycles. The Morgan fingerprint density at radius 3 is 2.62 bits per heavy atom. The van der Waals surface area contributed by atoms with E-state index in [1.54, 1.807) is 0 Å². The van der Waals surface area contributed by atoms with Crippen LogP contribution < -0.4 is 5.32 Å². The molecule has 1 aliphatic carbocycles. The second-order valence-electron chi connectivity index (χ2n) is 4.01. The molecule has 0 atom stereocenters. The monoisotopic (exact) mass is 221 g/mol. The van der Waals surface area contributed by atoms with Gasteiger partial charge in [0.25, 0.3) is 0 Å². The van der Waals surface area contributed by atoms with Crippen LogP contribution in [0.3, 0.4) is 0 Å². The first-order valence-electron chi connectivity index (χ1n) is 5.09. The first-order chi connectivity index (χ1) is 6.33. The molecule has 1 N–H and O–H groups in total. The maximum atomic E-state index is 6.03. The zero-order chi connectivity index (χ0) is 9.57. The van der Waals surface area contributed by atoms with Gasteiger partial charge in [-0.15, -0.1) is 11.6 Å².